The molecule has 2 aliphatic heterocycles. The Hall–Kier alpha value is -1.88. The molecule has 32 heavy (non-hydrogen) atoms. The molecule has 0 aliphatic carbocycles. The van der Waals surface area contributed by atoms with Crippen molar-refractivity contribution in [3.63, 3.8) is 0 Å². The quantitative estimate of drug-likeness (QED) is 0.571. The Balaban J connectivity index is 1.95. The Morgan fingerprint density at radius 3 is 2.31 bits per heavy atom. The number of halogens is 1. The standard InChI is InChI=1S/C21H39FN4O5Si/c1-21(2,3)31-20(29)26-12-14(22)9-17(26)18(27)24-15-10-16(11-23)25(13-15)19(28)30-7-8-32(4,5)6/h14-17H,7-13,23H2,1-6H3,(H,24,27)/t14-,15+,16+,17-/m0/s1. The van der Waals surface area contributed by atoms with Gasteiger partial charge in [0, 0.05) is 39.7 Å². The Morgan fingerprint density at radius 1 is 1.09 bits per heavy atom. The number of carbonyl (C=O) groups is 3. The number of rotatable bonds is 6. The Morgan fingerprint density at radius 2 is 1.75 bits per heavy atom. The van der Waals surface area contributed by atoms with Crippen LogP contribution in [0.25, 0.3) is 0 Å². The van der Waals surface area contributed by atoms with Crippen LogP contribution in [0, 0.1) is 0 Å². The van der Waals surface area contributed by atoms with Gasteiger partial charge in [0.25, 0.3) is 0 Å². The van der Waals surface area contributed by atoms with E-state index in [4.69, 9.17) is 15.2 Å². The van der Waals surface area contributed by atoms with Crippen LogP contribution < -0.4 is 11.1 Å². The van der Waals surface area contributed by atoms with E-state index < -0.39 is 44.0 Å². The van der Waals surface area contributed by atoms with Crippen LogP contribution in [0.3, 0.4) is 0 Å². The molecule has 2 heterocycles. The summed E-state index contributed by atoms with van der Waals surface area (Å²) in [6.07, 6.45) is -2.05. The number of nitrogens with one attached hydrogen (secondary N) is 1. The smallest absolute Gasteiger partial charge is 0.411 e. The zero-order chi connectivity index (χ0) is 24.3. The maximum absolute atomic E-state index is 14.1. The monoisotopic (exact) mass is 474 g/mol. The highest BCUT2D eigenvalue weighted by molar-refractivity contribution is 6.76. The topological polar surface area (TPSA) is 114 Å². The van der Waals surface area contributed by atoms with Crippen molar-refractivity contribution >= 4 is 26.2 Å². The molecule has 2 aliphatic rings. The fourth-order valence-corrected chi connectivity index (χ4v) is 4.56. The molecule has 0 aromatic rings. The number of likely N-dealkylation sites (tertiary alicyclic amines) is 2. The summed E-state index contributed by atoms with van der Waals surface area (Å²) in [6, 6.07) is -0.681. The van der Waals surface area contributed by atoms with Gasteiger partial charge in [-0.3, -0.25) is 9.69 Å². The van der Waals surface area contributed by atoms with E-state index in [1.807, 2.05) is 0 Å². The van der Waals surface area contributed by atoms with E-state index in [9.17, 15) is 18.8 Å². The minimum atomic E-state index is -1.33. The summed E-state index contributed by atoms with van der Waals surface area (Å²) >= 11 is 0. The summed E-state index contributed by atoms with van der Waals surface area (Å²) in [5, 5.41) is 2.87. The van der Waals surface area contributed by atoms with Crippen LogP contribution in [0.4, 0.5) is 14.0 Å². The molecule has 3 N–H and O–H groups in total. The second-order valence-corrected chi connectivity index (χ2v) is 16.5. The molecule has 0 bridgehead atoms. The molecule has 0 radical (unpaired) electrons. The average molecular weight is 475 g/mol. The Bertz CT molecular complexity index is 697. The number of nitrogens with two attached hydrogens (primary N) is 1. The van der Waals surface area contributed by atoms with Crippen LogP contribution >= 0.6 is 0 Å². The largest absolute Gasteiger partial charge is 0.450 e. The van der Waals surface area contributed by atoms with Crippen LogP contribution in [-0.2, 0) is 14.3 Å². The molecule has 4 atom stereocenters. The van der Waals surface area contributed by atoms with Crippen molar-refractivity contribution in [2.45, 2.75) is 89.2 Å². The van der Waals surface area contributed by atoms with Crippen molar-refractivity contribution < 1.29 is 28.2 Å². The lowest BCUT2D eigenvalue weighted by Gasteiger charge is -2.28. The number of ether oxygens (including phenoxy) is 2. The lowest BCUT2D eigenvalue weighted by atomic mass is 10.1. The molecular formula is C21H39FN4O5Si. The predicted molar refractivity (Wildman–Crippen MR) is 122 cm³/mol. The zero-order valence-electron chi connectivity index (χ0n) is 20.2. The molecule has 2 saturated heterocycles. The van der Waals surface area contributed by atoms with Crippen molar-refractivity contribution in [3.8, 4) is 0 Å². The molecule has 0 aromatic heterocycles. The van der Waals surface area contributed by atoms with Gasteiger partial charge >= 0.3 is 12.2 Å². The second-order valence-electron chi connectivity index (χ2n) is 10.9. The molecule has 11 heteroatoms. The van der Waals surface area contributed by atoms with Gasteiger partial charge in [0.2, 0.25) is 5.91 Å². The van der Waals surface area contributed by atoms with E-state index in [2.05, 4.69) is 25.0 Å². The molecule has 0 unspecified atom stereocenters. The summed E-state index contributed by atoms with van der Waals surface area (Å²) in [7, 11) is -1.33. The van der Waals surface area contributed by atoms with E-state index in [1.54, 1.807) is 25.7 Å². The number of hydrogen-bond donors (Lipinski definition) is 2. The van der Waals surface area contributed by atoms with Crippen LogP contribution in [0.1, 0.15) is 33.6 Å². The second kappa shape index (κ2) is 10.4. The highest BCUT2D eigenvalue weighted by Gasteiger charge is 2.43. The lowest BCUT2D eigenvalue weighted by Crippen LogP contribution is -2.50. The van der Waals surface area contributed by atoms with Gasteiger partial charge in [-0.25, -0.2) is 14.0 Å². The van der Waals surface area contributed by atoms with Crippen LogP contribution in [0.2, 0.25) is 25.7 Å². The number of hydrogen-bond acceptors (Lipinski definition) is 6. The van der Waals surface area contributed by atoms with Crippen molar-refractivity contribution in [2.75, 3.05) is 26.2 Å². The summed E-state index contributed by atoms with van der Waals surface area (Å²) in [5.74, 6) is -0.453. The minimum Gasteiger partial charge on any atom is -0.450 e. The first-order valence-electron chi connectivity index (χ1n) is 11.3. The van der Waals surface area contributed by atoms with E-state index in [-0.39, 0.29) is 38.1 Å². The molecule has 184 valence electrons. The highest BCUT2D eigenvalue weighted by Crippen LogP contribution is 2.25. The molecule has 2 fully saturated rings. The predicted octanol–water partition coefficient (Wildman–Crippen LogP) is 2.33. The van der Waals surface area contributed by atoms with Crippen molar-refractivity contribution in [1.29, 1.82) is 0 Å². The Kier molecular flexibility index (Phi) is 8.54. The van der Waals surface area contributed by atoms with E-state index in [1.165, 1.54) is 0 Å². The van der Waals surface area contributed by atoms with Gasteiger partial charge in [0.15, 0.2) is 0 Å². The molecule has 0 spiro atoms. The summed E-state index contributed by atoms with van der Waals surface area (Å²) in [4.78, 5) is 40.6. The Labute approximate surface area is 191 Å². The van der Waals surface area contributed by atoms with Gasteiger partial charge in [-0.1, -0.05) is 19.6 Å². The number of carbonyl (C=O) groups excluding carboxylic acids is 3. The van der Waals surface area contributed by atoms with Gasteiger partial charge in [-0.05, 0) is 33.2 Å². The first-order chi connectivity index (χ1) is 14.7. The van der Waals surface area contributed by atoms with Gasteiger partial charge in [-0.15, -0.1) is 0 Å². The van der Waals surface area contributed by atoms with Crippen molar-refractivity contribution in [1.82, 2.24) is 15.1 Å². The highest BCUT2D eigenvalue weighted by atomic mass is 28.3. The van der Waals surface area contributed by atoms with Gasteiger partial charge in [-0.2, -0.15) is 0 Å². The number of nitrogens with zero attached hydrogens (tertiary/aromatic N) is 2. The van der Waals surface area contributed by atoms with E-state index in [0.29, 0.717) is 13.0 Å². The summed E-state index contributed by atoms with van der Waals surface area (Å²) < 4.78 is 24.8. The first-order valence-corrected chi connectivity index (χ1v) is 15.0. The molecular weight excluding hydrogens is 435 g/mol. The minimum absolute atomic E-state index is 0.0828. The molecule has 2 rings (SSSR count). The normalized spacial score (nSPS) is 26.2. The third kappa shape index (κ3) is 7.61. The van der Waals surface area contributed by atoms with E-state index >= 15 is 0 Å². The SMILES string of the molecule is CC(C)(C)OC(=O)N1C[C@@H](F)C[C@H]1C(=O)N[C@@H]1C[C@H](CN)N(C(=O)OCC[Si](C)(C)C)C1. The number of alkyl halides is 1. The van der Waals surface area contributed by atoms with Crippen LogP contribution in [0.5, 0.6) is 0 Å². The molecule has 0 aromatic carbocycles. The van der Waals surface area contributed by atoms with Crippen LogP contribution in [-0.4, -0.2) is 92.1 Å². The average Bonchev–Trinajstić information content (AvgIpc) is 3.22. The zero-order valence-corrected chi connectivity index (χ0v) is 21.2. The maximum atomic E-state index is 14.1. The molecule has 3 amide bonds. The van der Waals surface area contributed by atoms with E-state index in [0.717, 1.165) is 10.9 Å². The van der Waals surface area contributed by atoms with Gasteiger partial charge in [0.05, 0.1) is 13.2 Å². The third-order valence-electron chi connectivity index (χ3n) is 5.53. The van der Waals surface area contributed by atoms with Crippen molar-refractivity contribution in [2.24, 2.45) is 5.73 Å². The maximum Gasteiger partial charge on any atom is 0.411 e. The molecule has 9 nitrogen and oxygen atoms in total. The fraction of sp³-hybridized carbons (Fsp3) is 0.857. The third-order valence-corrected chi connectivity index (χ3v) is 7.23. The first kappa shape index (κ1) is 26.4. The summed E-state index contributed by atoms with van der Waals surface area (Å²) in [5.41, 5.74) is 5.09. The van der Waals surface area contributed by atoms with Gasteiger partial charge in [0.1, 0.15) is 17.8 Å². The van der Waals surface area contributed by atoms with Gasteiger partial charge < -0.3 is 25.4 Å². The van der Waals surface area contributed by atoms with Crippen LogP contribution in [0.15, 0.2) is 0 Å². The fourth-order valence-electron chi connectivity index (χ4n) is 3.85. The summed E-state index contributed by atoms with van der Waals surface area (Å²) in [6.45, 7) is 12.4. The number of amides is 3. The lowest BCUT2D eigenvalue weighted by molar-refractivity contribution is -0.126. The molecule has 0 saturated carbocycles. The van der Waals surface area contributed by atoms with Crippen molar-refractivity contribution in [3.05, 3.63) is 0 Å².